The molecule has 0 heterocycles. The highest BCUT2D eigenvalue weighted by Crippen LogP contribution is 2.24. The summed E-state index contributed by atoms with van der Waals surface area (Å²) >= 11 is 0. The van der Waals surface area contributed by atoms with Gasteiger partial charge < -0.3 is 14.8 Å². The minimum atomic E-state index is 0.124. The molecule has 0 aliphatic heterocycles. The zero-order chi connectivity index (χ0) is 11.9. The lowest BCUT2D eigenvalue weighted by Gasteiger charge is -2.36. The molecule has 2 unspecified atom stereocenters. The molecule has 1 N–H and O–H groups in total. The summed E-state index contributed by atoms with van der Waals surface area (Å²) in [6.07, 6.45) is 1.30. The third kappa shape index (κ3) is 5.50. The lowest BCUT2D eigenvalue weighted by Crippen LogP contribution is -2.50. The molecule has 0 amide bonds. The average molecular weight is 217 g/mol. The summed E-state index contributed by atoms with van der Waals surface area (Å²) in [6, 6.07) is 0.264. The Kier molecular flexibility index (Phi) is 7.14. The average Bonchev–Trinajstić information content (AvgIpc) is 2.13. The SMILES string of the molecule is CCCNC(COC)C(OC)C(C)(C)C. The van der Waals surface area contributed by atoms with Crippen LogP contribution in [0.5, 0.6) is 0 Å². The molecule has 0 saturated heterocycles. The van der Waals surface area contributed by atoms with Gasteiger partial charge in [-0.3, -0.25) is 0 Å². The number of ether oxygens (including phenoxy) is 2. The zero-order valence-corrected chi connectivity index (χ0v) is 11.1. The maximum Gasteiger partial charge on any atom is 0.0794 e. The van der Waals surface area contributed by atoms with Gasteiger partial charge in [-0.05, 0) is 18.4 Å². The highest BCUT2D eigenvalue weighted by Gasteiger charge is 2.31. The van der Waals surface area contributed by atoms with Crippen LogP contribution in [0.25, 0.3) is 0 Å². The molecular formula is C12H27NO2. The fraction of sp³-hybridized carbons (Fsp3) is 1.00. The lowest BCUT2D eigenvalue weighted by atomic mass is 9.84. The Morgan fingerprint density at radius 1 is 1.20 bits per heavy atom. The Balaban J connectivity index is 4.40. The van der Waals surface area contributed by atoms with Crippen molar-refractivity contribution in [2.75, 3.05) is 27.4 Å². The van der Waals surface area contributed by atoms with Crippen molar-refractivity contribution in [2.45, 2.75) is 46.3 Å². The van der Waals surface area contributed by atoms with E-state index in [2.05, 4.69) is 33.0 Å². The molecule has 0 rings (SSSR count). The van der Waals surface area contributed by atoms with Crippen molar-refractivity contribution in [2.24, 2.45) is 5.41 Å². The van der Waals surface area contributed by atoms with Crippen LogP contribution in [0.4, 0.5) is 0 Å². The fourth-order valence-corrected chi connectivity index (χ4v) is 1.88. The zero-order valence-electron chi connectivity index (χ0n) is 11.1. The smallest absolute Gasteiger partial charge is 0.0794 e. The van der Waals surface area contributed by atoms with E-state index in [1.54, 1.807) is 14.2 Å². The van der Waals surface area contributed by atoms with Crippen LogP contribution in [0, 0.1) is 5.41 Å². The van der Waals surface area contributed by atoms with Crippen molar-refractivity contribution in [1.29, 1.82) is 0 Å². The molecule has 0 saturated carbocycles. The molecule has 0 bridgehead atoms. The fourth-order valence-electron chi connectivity index (χ4n) is 1.88. The maximum absolute atomic E-state index is 5.58. The molecule has 3 nitrogen and oxygen atoms in total. The number of hydrogen-bond acceptors (Lipinski definition) is 3. The summed E-state index contributed by atoms with van der Waals surface area (Å²) in [5, 5.41) is 3.48. The maximum atomic E-state index is 5.58. The standard InChI is InChI=1S/C12H27NO2/c1-7-8-13-10(9-14-5)11(15-6)12(2,3)4/h10-11,13H,7-9H2,1-6H3. The molecule has 0 aromatic rings. The van der Waals surface area contributed by atoms with Gasteiger partial charge in [-0.25, -0.2) is 0 Å². The molecule has 3 heteroatoms. The molecule has 92 valence electrons. The van der Waals surface area contributed by atoms with Crippen LogP contribution >= 0.6 is 0 Å². The molecule has 0 aliphatic rings. The van der Waals surface area contributed by atoms with Gasteiger partial charge in [0.25, 0.3) is 0 Å². The van der Waals surface area contributed by atoms with Gasteiger partial charge in [0.2, 0.25) is 0 Å². The Labute approximate surface area is 94.5 Å². The minimum absolute atomic E-state index is 0.124. The third-order valence-electron chi connectivity index (χ3n) is 2.48. The van der Waals surface area contributed by atoms with Crippen LogP contribution in [0.1, 0.15) is 34.1 Å². The molecule has 0 radical (unpaired) electrons. The van der Waals surface area contributed by atoms with Crippen molar-refractivity contribution in [3.8, 4) is 0 Å². The molecule has 15 heavy (non-hydrogen) atoms. The monoisotopic (exact) mass is 217 g/mol. The van der Waals surface area contributed by atoms with Crippen molar-refractivity contribution in [1.82, 2.24) is 5.32 Å². The van der Waals surface area contributed by atoms with Gasteiger partial charge in [-0.15, -0.1) is 0 Å². The number of hydrogen-bond donors (Lipinski definition) is 1. The van der Waals surface area contributed by atoms with Crippen LogP contribution < -0.4 is 5.32 Å². The second-order valence-electron chi connectivity index (χ2n) is 5.04. The van der Waals surface area contributed by atoms with Gasteiger partial charge in [0, 0.05) is 14.2 Å². The second kappa shape index (κ2) is 7.20. The number of methoxy groups -OCH3 is 2. The Morgan fingerprint density at radius 2 is 1.80 bits per heavy atom. The van der Waals surface area contributed by atoms with Crippen LogP contribution in [0.15, 0.2) is 0 Å². The molecule has 0 aromatic heterocycles. The van der Waals surface area contributed by atoms with E-state index in [0.717, 1.165) is 13.0 Å². The summed E-state index contributed by atoms with van der Waals surface area (Å²) < 4.78 is 10.8. The first kappa shape index (κ1) is 14.9. The van der Waals surface area contributed by atoms with Gasteiger partial charge in [-0.2, -0.15) is 0 Å². The Hall–Kier alpha value is -0.120. The summed E-state index contributed by atoms with van der Waals surface area (Å²) in [5.41, 5.74) is 0.124. The largest absolute Gasteiger partial charge is 0.383 e. The van der Waals surface area contributed by atoms with E-state index in [1.807, 2.05) is 0 Å². The second-order valence-corrected chi connectivity index (χ2v) is 5.04. The summed E-state index contributed by atoms with van der Waals surface area (Å²) in [4.78, 5) is 0. The normalized spacial score (nSPS) is 16.4. The minimum Gasteiger partial charge on any atom is -0.383 e. The Morgan fingerprint density at radius 3 is 2.13 bits per heavy atom. The topological polar surface area (TPSA) is 30.5 Å². The highest BCUT2D eigenvalue weighted by atomic mass is 16.5. The van der Waals surface area contributed by atoms with Gasteiger partial charge >= 0.3 is 0 Å². The van der Waals surface area contributed by atoms with Crippen molar-refractivity contribution < 1.29 is 9.47 Å². The summed E-state index contributed by atoms with van der Waals surface area (Å²) in [5.74, 6) is 0. The molecule has 0 aromatic carbocycles. The first-order valence-electron chi connectivity index (χ1n) is 5.72. The molecule has 0 fully saturated rings. The van der Waals surface area contributed by atoms with E-state index < -0.39 is 0 Å². The molecular weight excluding hydrogens is 190 g/mol. The quantitative estimate of drug-likeness (QED) is 0.708. The van der Waals surface area contributed by atoms with Gasteiger partial charge in [0.05, 0.1) is 18.8 Å². The van der Waals surface area contributed by atoms with E-state index in [0.29, 0.717) is 6.61 Å². The van der Waals surface area contributed by atoms with Crippen molar-refractivity contribution in [3.05, 3.63) is 0 Å². The molecule has 2 atom stereocenters. The van der Waals surface area contributed by atoms with Crippen LogP contribution in [0.3, 0.4) is 0 Å². The highest BCUT2D eigenvalue weighted by molar-refractivity contribution is 4.86. The van der Waals surface area contributed by atoms with Gasteiger partial charge in [0.1, 0.15) is 0 Å². The number of rotatable bonds is 7. The summed E-state index contributed by atoms with van der Waals surface area (Å²) in [7, 11) is 3.50. The van der Waals surface area contributed by atoms with E-state index in [4.69, 9.17) is 9.47 Å². The van der Waals surface area contributed by atoms with E-state index in [1.165, 1.54) is 0 Å². The predicted octanol–water partition coefficient (Wildman–Crippen LogP) is 2.06. The van der Waals surface area contributed by atoms with E-state index >= 15 is 0 Å². The predicted molar refractivity (Wildman–Crippen MR) is 64.2 cm³/mol. The first-order chi connectivity index (χ1) is 6.97. The molecule has 0 aliphatic carbocycles. The van der Waals surface area contributed by atoms with Crippen molar-refractivity contribution >= 4 is 0 Å². The first-order valence-corrected chi connectivity index (χ1v) is 5.72. The lowest BCUT2D eigenvalue weighted by molar-refractivity contribution is -0.0302. The number of nitrogens with one attached hydrogen (secondary N) is 1. The van der Waals surface area contributed by atoms with Crippen LogP contribution in [-0.4, -0.2) is 39.5 Å². The van der Waals surface area contributed by atoms with Crippen LogP contribution in [-0.2, 0) is 9.47 Å². The van der Waals surface area contributed by atoms with E-state index in [-0.39, 0.29) is 17.6 Å². The Bertz CT molecular complexity index is 154. The van der Waals surface area contributed by atoms with Crippen molar-refractivity contribution in [3.63, 3.8) is 0 Å². The molecule has 0 spiro atoms. The van der Waals surface area contributed by atoms with Crippen LogP contribution in [0.2, 0.25) is 0 Å². The third-order valence-corrected chi connectivity index (χ3v) is 2.48. The summed E-state index contributed by atoms with van der Waals surface area (Å²) in [6.45, 7) is 10.4. The van der Waals surface area contributed by atoms with Gasteiger partial charge in [-0.1, -0.05) is 27.7 Å². The van der Waals surface area contributed by atoms with Gasteiger partial charge in [0.15, 0.2) is 0 Å². The van der Waals surface area contributed by atoms with E-state index in [9.17, 15) is 0 Å².